The van der Waals surface area contributed by atoms with Crippen molar-refractivity contribution in [3.8, 4) is 0 Å². The molecule has 0 saturated carbocycles. The van der Waals surface area contributed by atoms with Gasteiger partial charge in [-0.25, -0.2) is 0 Å². The van der Waals surface area contributed by atoms with Crippen molar-refractivity contribution < 1.29 is 9.59 Å². The smallest absolute Gasteiger partial charge is 0.252 e. The highest BCUT2D eigenvalue weighted by molar-refractivity contribution is 7.71. The summed E-state index contributed by atoms with van der Waals surface area (Å²) < 4.78 is 2.49. The topological polar surface area (TPSA) is 79.8 Å². The Labute approximate surface area is 139 Å². The fourth-order valence-corrected chi connectivity index (χ4v) is 2.78. The summed E-state index contributed by atoms with van der Waals surface area (Å²) in [7, 11) is 0. The van der Waals surface area contributed by atoms with Crippen molar-refractivity contribution in [1.82, 2.24) is 20.1 Å². The second kappa shape index (κ2) is 7.32. The van der Waals surface area contributed by atoms with E-state index in [1.54, 1.807) is 24.3 Å². The summed E-state index contributed by atoms with van der Waals surface area (Å²) >= 11 is 5.19. The van der Waals surface area contributed by atoms with Gasteiger partial charge in [-0.1, -0.05) is 18.2 Å². The first-order valence-corrected chi connectivity index (χ1v) is 7.86. The summed E-state index contributed by atoms with van der Waals surface area (Å²) in [5, 5.41) is 9.79. The molecule has 2 N–H and O–H groups in total. The number of aromatic nitrogens is 3. The van der Waals surface area contributed by atoms with Gasteiger partial charge in [0.15, 0.2) is 10.6 Å². The molecule has 6 nitrogen and oxygen atoms in total. The Morgan fingerprint density at radius 3 is 2.57 bits per heavy atom. The van der Waals surface area contributed by atoms with E-state index in [1.807, 2.05) is 18.4 Å². The molecule has 0 atom stereocenters. The Kier molecular flexibility index (Phi) is 5.44. The maximum atomic E-state index is 12.3. The third-order valence-corrected chi connectivity index (χ3v) is 3.77. The van der Waals surface area contributed by atoms with E-state index in [1.165, 1.54) is 6.92 Å². The first-order chi connectivity index (χ1) is 10.9. The lowest BCUT2D eigenvalue weighted by Gasteiger charge is -2.11. The van der Waals surface area contributed by atoms with Gasteiger partial charge >= 0.3 is 0 Å². The van der Waals surface area contributed by atoms with Gasteiger partial charge in [-0.3, -0.25) is 14.7 Å². The summed E-state index contributed by atoms with van der Waals surface area (Å²) in [6.45, 7) is 5.91. The van der Waals surface area contributed by atoms with Crippen LogP contribution in [0.1, 0.15) is 53.4 Å². The molecule has 0 saturated heterocycles. The molecular formula is C16H20N4O2S. The quantitative estimate of drug-likeness (QED) is 0.629. The fraction of sp³-hybridized carbons (Fsp3) is 0.375. The summed E-state index contributed by atoms with van der Waals surface area (Å²) in [5.41, 5.74) is 0.817. The van der Waals surface area contributed by atoms with Gasteiger partial charge in [-0.05, 0) is 39.1 Å². The molecule has 0 bridgehead atoms. The normalized spacial score (nSPS) is 10.8. The monoisotopic (exact) mass is 332 g/mol. The number of carbonyl (C=O) groups is 2. The minimum absolute atomic E-state index is 0.128. The molecule has 1 heterocycles. The lowest BCUT2D eigenvalue weighted by atomic mass is 10.0. The van der Waals surface area contributed by atoms with Gasteiger partial charge in [-0.15, -0.1) is 0 Å². The molecule has 1 amide bonds. The molecule has 2 aromatic rings. The van der Waals surface area contributed by atoms with Gasteiger partial charge in [-0.2, -0.15) is 5.10 Å². The zero-order chi connectivity index (χ0) is 17.0. The molecule has 0 radical (unpaired) electrons. The van der Waals surface area contributed by atoms with E-state index in [2.05, 4.69) is 15.5 Å². The summed E-state index contributed by atoms with van der Waals surface area (Å²) in [6, 6.07) is 6.99. The molecule has 7 heteroatoms. The summed E-state index contributed by atoms with van der Waals surface area (Å²) in [5.74, 6) is 0.405. The Morgan fingerprint density at radius 2 is 1.96 bits per heavy atom. The number of H-pyrrole nitrogens is 1. The average molecular weight is 332 g/mol. The molecule has 1 aromatic heterocycles. The average Bonchev–Trinajstić information content (AvgIpc) is 2.88. The Morgan fingerprint density at radius 1 is 1.30 bits per heavy atom. The summed E-state index contributed by atoms with van der Waals surface area (Å²) in [6.07, 6.45) is 0.555. The lowest BCUT2D eigenvalue weighted by molar-refractivity contribution is 0.0939. The van der Waals surface area contributed by atoms with Crippen LogP contribution in [0.15, 0.2) is 24.3 Å². The molecule has 0 aliphatic heterocycles. The molecule has 122 valence electrons. The molecule has 0 fully saturated rings. The van der Waals surface area contributed by atoms with Crippen molar-refractivity contribution in [1.29, 1.82) is 0 Å². The maximum absolute atomic E-state index is 12.3. The number of nitrogens with one attached hydrogen (secondary N) is 2. The highest BCUT2D eigenvalue weighted by Crippen LogP contribution is 2.10. The molecule has 0 unspecified atom stereocenters. The van der Waals surface area contributed by atoms with Crippen LogP contribution in [0.2, 0.25) is 0 Å². The van der Waals surface area contributed by atoms with Gasteiger partial charge in [0.1, 0.15) is 5.82 Å². The van der Waals surface area contributed by atoms with Crippen molar-refractivity contribution in [3.05, 3.63) is 46.0 Å². The van der Waals surface area contributed by atoms with Crippen molar-refractivity contribution in [3.63, 3.8) is 0 Å². The minimum Gasteiger partial charge on any atom is -0.352 e. The highest BCUT2D eigenvalue weighted by Gasteiger charge is 2.14. The zero-order valence-corrected chi connectivity index (χ0v) is 14.2. The Hall–Kier alpha value is -2.28. The van der Waals surface area contributed by atoms with Crippen LogP contribution in [-0.2, 0) is 6.42 Å². The molecule has 23 heavy (non-hydrogen) atoms. The largest absolute Gasteiger partial charge is 0.352 e. The van der Waals surface area contributed by atoms with Gasteiger partial charge in [0.05, 0.1) is 5.56 Å². The van der Waals surface area contributed by atoms with E-state index in [4.69, 9.17) is 12.2 Å². The Balaban J connectivity index is 2.04. The van der Waals surface area contributed by atoms with Crippen LogP contribution < -0.4 is 5.32 Å². The molecular weight excluding hydrogens is 312 g/mol. The Bertz CT molecular complexity index is 776. The van der Waals surface area contributed by atoms with Crippen molar-refractivity contribution in [2.45, 2.75) is 33.2 Å². The lowest BCUT2D eigenvalue weighted by Crippen LogP contribution is -2.28. The van der Waals surface area contributed by atoms with E-state index in [9.17, 15) is 9.59 Å². The van der Waals surface area contributed by atoms with Crippen LogP contribution in [0.4, 0.5) is 0 Å². The summed E-state index contributed by atoms with van der Waals surface area (Å²) in [4.78, 5) is 23.8. The number of ketones is 1. The van der Waals surface area contributed by atoms with Crippen molar-refractivity contribution >= 4 is 23.9 Å². The number of carbonyl (C=O) groups excluding carboxylic acids is 2. The predicted octanol–water partition coefficient (Wildman–Crippen LogP) is 2.70. The highest BCUT2D eigenvalue weighted by atomic mass is 32.1. The predicted molar refractivity (Wildman–Crippen MR) is 90.3 cm³/mol. The molecule has 0 aliphatic rings. The van der Waals surface area contributed by atoms with Crippen LogP contribution in [0.5, 0.6) is 0 Å². The van der Waals surface area contributed by atoms with Crippen LogP contribution in [0.3, 0.4) is 0 Å². The van der Waals surface area contributed by atoms with Gasteiger partial charge in [0.25, 0.3) is 5.91 Å². The van der Waals surface area contributed by atoms with Crippen LogP contribution >= 0.6 is 12.2 Å². The van der Waals surface area contributed by atoms with Crippen LogP contribution in [0.25, 0.3) is 0 Å². The van der Waals surface area contributed by atoms with Crippen LogP contribution in [0, 0.1) is 4.77 Å². The third kappa shape index (κ3) is 3.92. The molecule has 2 rings (SSSR count). The number of Topliss-reactive ketones (excluding diaryl/α,β-unsaturated/α-hetero) is 1. The van der Waals surface area contributed by atoms with Crippen molar-refractivity contribution in [2.24, 2.45) is 0 Å². The van der Waals surface area contributed by atoms with Gasteiger partial charge < -0.3 is 9.88 Å². The molecule has 0 aliphatic carbocycles. The number of hydrogen-bond acceptors (Lipinski definition) is 4. The van der Waals surface area contributed by atoms with E-state index in [0.29, 0.717) is 28.9 Å². The third-order valence-electron chi connectivity index (χ3n) is 3.48. The SMILES string of the molecule is CC(=O)c1ccccc1C(=O)NCCc1n[nH]c(=S)n1C(C)C. The van der Waals surface area contributed by atoms with Crippen molar-refractivity contribution in [2.75, 3.05) is 6.54 Å². The number of amides is 1. The van der Waals surface area contributed by atoms with E-state index in [0.717, 1.165) is 5.82 Å². The number of rotatable bonds is 6. The first kappa shape index (κ1) is 17.1. The fourth-order valence-electron chi connectivity index (χ4n) is 2.42. The molecule has 0 spiro atoms. The van der Waals surface area contributed by atoms with Crippen LogP contribution in [-0.4, -0.2) is 33.0 Å². The standard InChI is InChI=1S/C16H20N4O2S/c1-10(2)20-14(18-19-16(20)23)8-9-17-15(22)13-7-5-4-6-12(13)11(3)21/h4-7,10H,8-9H2,1-3H3,(H,17,22)(H,19,23). The van der Waals surface area contributed by atoms with E-state index >= 15 is 0 Å². The second-order valence-corrected chi connectivity index (χ2v) is 5.90. The first-order valence-electron chi connectivity index (χ1n) is 7.45. The number of aromatic amines is 1. The second-order valence-electron chi connectivity index (χ2n) is 5.52. The maximum Gasteiger partial charge on any atom is 0.252 e. The number of hydrogen-bond donors (Lipinski definition) is 2. The van der Waals surface area contributed by atoms with Gasteiger partial charge in [0.2, 0.25) is 0 Å². The van der Waals surface area contributed by atoms with E-state index in [-0.39, 0.29) is 17.7 Å². The number of benzene rings is 1. The van der Waals surface area contributed by atoms with E-state index < -0.39 is 0 Å². The zero-order valence-electron chi connectivity index (χ0n) is 13.4. The number of nitrogens with zero attached hydrogens (tertiary/aromatic N) is 2. The minimum atomic E-state index is -0.263. The van der Waals surface area contributed by atoms with Gasteiger partial charge in [0, 0.05) is 24.6 Å². The molecule has 1 aromatic carbocycles.